The van der Waals surface area contributed by atoms with E-state index >= 15 is 9.13 Å². The Bertz CT molecular complexity index is 2200. The molecule has 0 atom stereocenters. The molecule has 3 nitrogen and oxygen atoms in total. The molecular formula is C42H31NO2P2. The standard InChI is InChI=1S/C42H31NO2P2/c44-46(33-18-8-2-9-19-33,34-20-10-3-11-21-34)37-26-28-41-39(30-37)40-31-38(27-29-42(40)43(41)32-16-6-1-7-17-32)47(45,35-22-12-4-13-23-35)36-24-14-5-15-25-36/h1-31H. The molecular weight excluding hydrogens is 612 g/mol. The van der Waals surface area contributed by atoms with Gasteiger partial charge < -0.3 is 13.7 Å². The molecule has 0 spiro atoms. The first-order chi connectivity index (χ1) is 23.1. The fourth-order valence-corrected chi connectivity index (χ4v) is 12.0. The molecule has 0 fully saturated rings. The van der Waals surface area contributed by atoms with Gasteiger partial charge in [0.2, 0.25) is 0 Å². The number of aromatic nitrogens is 1. The molecule has 5 heteroatoms. The Kier molecular flexibility index (Phi) is 7.38. The second-order valence-electron chi connectivity index (χ2n) is 11.6. The molecule has 8 aromatic rings. The molecule has 0 N–H and O–H groups in total. The lowest BCUT2D eigenvalue weighted by molar-refractivity contribution is 0.591. The topological polar surface area (TPSA) is 39.1 Å². The predicted octanol–water partition coefficient (Wildman–Crippen LogP) is 8.06. The van der Waals surface area contributed by atoms with Crippen LogP contribution < -0.4 is 31.8 Å². The van der Waals surface area contributed by atoms with Crippen LogP contribution in [-0.4, -0.2) is 4.57 Å². The zero-order chi connectivity index (χ0) is 31.8. The average Bonchev–Trinajstić information content (AvgIpc) is 3.49. The number of fused-ring (bicyclic) bond motifs is 3. The maximum absolute atomic E-state index is 15.4. The van der Waals surface area contributed by atoms with Gasteiger partial charge in [-0.3, -0.25) is 0 Å². The minimum Gasteiger partial charge on any atom is -0.309 e. The minimum atomic E-state index is -3.23. The molecule has 0 amide bonds. The SMILES string of the molecule is O=P(c1ccccc1)(c1ccccc1)c1ccc2c(c1)c1cc(P(=O)(c3ccccc3)c3ccccc3)ccc1n2-c1ccccc1. The maximum atomic E-state index is 15.4. The Morgan fingerprint density at radius 1 is 0.319 bits per heavy atom. The van der Waals surface area contributed by atoms with E-state index in [4.69, 9.17) is 0 Å². The smallest absolute Gasteiger partial charge is 0.171 e. The highest BCUT2D eigenvalue weighted by molar-refractivity contribution is 7.85. The van der Waals surface area contributed by atoms with Gasteiger partial charge >= 0.3 is 0 Å². The van der Waals surface area contributed by atoms with Gasteiger partial charge in [0.15, 0.2) is 14.3 Å². The fraction of sp³-hybridized carbons (Fsp3) is 0. The third kappa shape index (κ3) is 4.83. The first-order valence-corrected chi connectivity index (χ1v) is 19.1. The van der Waals surface area contributed by atoms with Gasteiger partial charge in [-0.25, -0.2) is 0 Å². The largest absolute Gasteiger partial charge is 0.309 e. The molecule has 0 aliphatic heterocycles. The van der Waals surface area contributed by atoms with Crippen molar-refractivity contribution in [3.63, 3.8) is 0 Å². The molecule has 0 unspecified atom stereocenters. The van der Waals surface area contributed by atoms with Crippen molar-refractivity contribution in [2.75, 3.05) is 0 Å². The predicted molar refractivity (Wildman–Crippen MR) is 200 cm³/mol. The average molecular weight is 644 g/mol. The fourth-order valence-electron chi connectivity index (χ4n) is 6.69. The highest BCUT2D eigenvalue weighted by Crippen LogP contribution is 2.46. The Labute approximate surface area is 274 Å². The number of nitrogens with zero attached hydrogens (tertiary/aromatic N) is 1. The summed E-state index contributed by atoms with van der Waals surface area (Å²) >= 11 is 0. The molecule has 1 aromatic heterocycles. The van der Waals surface area contributed by atoms with Crippen molar-refractivity contribution in [2.45, 2.75) is 0 Å². The minimum absolute atomic E-state index is 0.759. The molecule has 0 saturated carbocycles. The maximum Gasteiger partial charge on any atom is 0.171 e. The van der Waals surface area contributed by atoms with Gasteiger partial charge in [0.05, 0.1) is 11.0 Å². The zero-order valence-electron chi connectivity index (χ0n) is 25.6. The number of rotatable bonds is 7. The summed E-state index contributed by atoms with van der Waals surface area (Å²) in [6, 6.07) is 61.7. The molecule has 226 valence electrons. The molecule has 0 saturated heterocycles. The highest BCUT2D eigenvalue weighted by Gasteiger charge is 2.32. The summed E-state index contributed by atoms with van der Waals surface area (Å²) < 4.78 is 33.1. The van der Waals surface area contributed by atoms with Crippen molar-refractivity contribution in [3.05, 3.63) is 188 Å². The number of hydrogen-bond donors (Lipinski definition) is 0. The Morgan fingerprint density at radius 3 is 0.936 bits per heavy atom. The normalized spacial score (nSPS) is 12.0. The molecule has 47 heavy (non-hydrogen) atoms. The monoisotopic (exact) mass is 643 g/mol. The van der Waals surface area contributed by atoms with Crippen LogP contribution in [0.2, 0.25) is 0 Å². The van der Waals surface area contributed by atoms with E-state index in [9.17, 15) is 0 Å². The first kappa shape index (κ1) is 29.2. The van der Waals surface area contributed by atoms with E-state index in [1.54, 1.807) is 0 Å². The van der Waals surface area contributed by atoms with E-state index in [0.29, 0.717) is 0 Å². The van der Waals surface area contributed by atoms with Crippen molar-refractivity contribution in [1.82, 2.24) is 4.57 Å². The van der Waals surface area contributed by atoms with Crippen LogP contribution >= 0.6 is 14.3 Å². The lowest BCUT2D eigenvalue weighted by atomic mass is 10.1. The van der Waals surface area contributed by atoms with Gasteiger partial charge in [-0.1, -0.05) is 140 Å². The third-order valence-corrected chi connectivity index (χ3v) is 15.1. The molecule has 1 heterocycles. The number of para-hydroxylation sites is 1. The molecule has 8 rings (SSSR count). The first-order valence-electron chi connectivity index (χ1n) is 15.7. The van der Waals surface area contributed by atoms with Crippen LogP contribution in [0.1, 0.15) is 0 Å². The Balaban J connectivity index is 1.44. The summed E-state index contributed by atoms with van der Waals surface area (Å²) in [6.07, 6.45) is 0. The van der Waals surface area contributed by atoms with E-state index in [-0.39, 0.29) is 0 Å². The van der Waals surface area contributed by atoms with Crippen LogP contribution in [0, 0.1) is 0 Å². The molecule has 7 aromatic carbocycles. The zero-order valence-corrected chi connectivity index (χ0v) is 27.3. The van der Waals surface area contributed by atoms with Crippen molar-refractivity contribution in [2.24, 2.45) is 0 Å². The van der Waals surface area contributed by atoms with E-state index < -0.39 is 14.3 Å². The summed E-state index contributed by atoms with van der Waals surface area (Å²) in [6.45, 7) is 0. The van der Waals surface area contributed by atoms with Gasteiger partial charge in [-0.15, -0.1) is 0 Å². The van der Waals surface area contributed by atoms with E-state index in [2.05, 4.69) is 41.0 Å². The van der Waals surface area contributed by atoms with Crippen molar-refractivity contribution >= 4 is 67.9 Å². The summed E-state index contributed by atoms with van der Waals surface area (Å²) in [5.74, 6) is 0. The quantitative estimate of drug-likeness (QED) is 0.165. The second kappa shape index (κ2) is 11.9. The van der Waals surface area contributed by atoms with Gasteiger partial charge in [0.1, 0.15) is 0 Å². The molecule has 0 aliphatic carbocycles. The summed E-state index contributed by atoms with van der Waals surface area (Å²) in [7, 11) is -6.45. The van der Waals surface area contributed by atoms with Crippen molar-refractivity contribution in [3.8, 4) is 5.69 Å². The highest BCUT2D eigenvalue weighted by atomic mass is 31.2. The molecule has 0 bridgehead atoms. The van der Waals surface area contributed by atoms with Gasteiger partial charge in [0.25, 0.3) is 0 Å². The van der Waals surface area contributed by atoms with Crippen LogP contribution in [0.15, 0.2) is 188 Å². The lowest BCUT2D eigenvalue weighted by Crippen LogP contribution is -2.25. The van der Waals surface area contributed by atoms with Crippen LogP contribution in [-0.2, 0) is 9.13 Å². The van der Waals surface area contributed by atoms with E-state index in [1.807, 2.05) is 152 Å². The van der Waals surface area contributed by atoms with Crippen LogP contribution in [0.4, 0.5) is 0 Å². The molecule has 0 radical (unpaired) electrons. The van der Waals surface area contributed by atoms with Gasteiger partial charge in [-0.2, -0.15) is 0 Å². The summed E-state index contributed by atoms with van der Waals surface area (Å²) in [5, 5.41) is 6.59. The summed E-state index contributed by atoms with van der Waals surface area (Å²) in [5.41, 5.74) is 3.01. The third-order valence-electron chi connectivity index (χ3n) is 8.95. The van der Waals surface area contributed by atoms with Gasteiger partial charge in [-0.05, 0) is 48.5 Å². The van der Waals surface area contributed by atoms with Crippen molar-refractivity contribution in [1.29, 1.82) is 0 Å². The van der Waals surface area contributed by atoms with Crippen molar-refractivity contribution < 1.29 is 9.13 Å². The van der Waals surface area contributed by atoms with Crippen LogP contribution in [0.5, 0.6) is 0 Å². The van der Waals surface area contributed by atoms with Crippen LogP contribution in [0.25, 0.3) is 27.5 Å². The van der Waals surface area contributed by atoms with E-state index in [0.717, 1.165) is 59.3 Å². The van der Waals surface area contributed by atoms with Crippen LogP contribution in [0.3, 0.4) is 0 Å². The Hall–Kier alpha value is -5.20. The Morgan fingerprint density at radius 2 is 0.617 bits per heavy atom. The second-order valence-corrected chi connectivity index (χ2v) is 17.2. The number of hydrogen-bond acceptors (Lipinski definition) is 2. The summed E-state index contributed by atoms with van der Waals surface area (Å²) in [4.78, 5) is 0. The molecule has 0 aliphatic rings. The lowest BCUT2D eigenvalue weighted by Gasteiger charge is -2.20. The number of benzene rings is 7. The van der Waals surface area contributed by atoms with Gasteiger partial charge in [0, 0.05) is 48.3 Å². The van der Waals surface area contributed by atoms with E-state index in [1.165, 1.54) is 0 Å².